The summed E-state index contributed by atoms with van der Waals surface area (Å²) in [7, 11) is 0. The van der Waals surface area contributed by atoms with E-state index in [0.29, 0.717) is 30.9 Å². The molecule has 1 saturated heterocycles. The van der Waals surface area contributed by atoms with Gasteiger partial charge in [-0.25, -0.2) is 8.78 Å². The molecule has 0 radical (unpaired) electrons. The van der Waals surface area contributed by atoms with Crippen LogP contribution in [0.15, 0.2) is 18.2 Å². The summed E-state index contributed by atoms with van der Waals surface area (Å²) in [5, 5.41) is 7.93. The second kappa shape index (κ2) is 10.5. The third-order valence-electron chi connectivity index (χ3n) is 5.82. The zero-order chi connectivity index (χ0) is 23.3. The number of carbonyl (C=O) groups excluding carboxylic acids is 4. The summed E-state index contributed by atoms with van der Waals surface area (Å²) in [5.74, 6) is -3.46. The van der Waals surface area contributed by atoms with E-state index in [4.69, 9.17) is 5.73 Å². The summed E-state index contributed by atoms with van der Waals surface area (Å²) in [6, 6.07) is 1.18. The number of halogens is 2. The fourth-order valence-corrected chi connectivity index (χ4v) is 3.87. The van der Waals surface area contributed by atoms with E-state index in [0.717, 1.165) is 31.0 Å². The molecule has 0 spiro atoms. The highest BCUT2D eigenvalue weighted by molar-refractivity contribution is 5.92. The minimum absolute atomic E-state index is 0.0567. The zero-order valence-corrected chi connectivity index (χ0v) is 17.7. The minimum Gasteiger partial charge on any atom is -0.368 e. The van der Waals surface area contributed by atoms with Crippen LogP contribution < -0.4 is 21.7 Å². The van der Waals surface area contributed by atoms with Gasteiger partial charge in [0.25, 0.3) is 0 Å². The number of aryl methyl sites for hydroxylation is 1. The molecular weight excluding hydrogens is 422 g/mol. The molecule has 5 N–H and O–H groups in total. The lowest BCUT2D eigenvalue weighted by atomic mass is 9.97. The number of nitrogens with two attached hydrogens (primary N) is 1. The molecule has 1 aromatic rings. The van der Waals surface area contributed by atoms with Gasteiger partial charge in [0.1, 0.15) is 23.7 Å². The predicted octanol–water partition coefficient (Wildman–Crippen LogP) is 0.679. The Morgan fingerprint density at radius 1 is 1.03 bits per heavy atom. The largest absolute Gasteiger partial charge is 0.368 e. The summed E-state index contributed by atoms with van der Waals surface area (Å²) < 4.78 is 26.6. The monoisotopic (exact) mass is 450 g/mol. The summed E-state index contributed by atoms with van der Waals surface area (Å²) in [5.41, 5.74) is 5.76. The van der Waals surface area contributed by atoms with E-state index in [1.54, 1.807) is 0 Å². The molecule has 4 amide bonds. The smallest absolute Gasteiger partial charge is 0.243 e. The minimum atomic E-state index is -1.02. The Balaban J connectivity index is 1.57. The van der Waals surface area contributed by atoms with Crippen LogP contribution in [0.2, 0.25) is 0 Å². The first-order chi connectivity index (χ1) is 15.2. The van der Waals surface area contributed by atoms with Crippen LogP contribution in [0.5, 0.6) is 0 Å². The normalized spacial score (nSPS) is 19.7. The number of benzene rings is 1. The Morgan fingerprint density at radius 2 is 1.72 bits per heavy atom. The Bertz CT molecular complexity index is 870. The highest BCUT2D eigenvalue weighted by atomic mass is 19.1. The van der Waals surface area contributed by atoms with E-state index in [2.05, 4.69) is 16.0 Å². The van der Waals surface area contributed by atoms with Crippen molar-refractivity contribution in [3.63, 3.8) is 0 Å². The Kier molecular flexibility index (Phi) is 7.76. The molecule has 1 saturated carbocycles. The average molecular weight is 450 g/mol. The Labute approximate surface area is 184 Å². The quantitative estimate of drug-likeness (QED) is 0.395. The van der Waals surface area contributed by atoms with Crippen molar-refractivity contribution in [3.05, 3.63) is 35.4 Å². The van der Waals surface area contributed by atoms with E-state index >= 15 is 0 Å². The van der Waals surface area contributed by atoms with Gasteiger partial charge in [0.2, 0.25) is 23.6 Å². The van der Waals surface area contributed by atoms with E-state index in [9.17, 15) is 28.0 Å². The van der Waals surface area contributed by atoms with Gasteiger partial charge in [-0.05, 0) is 49.3 Å². The molecular formula is C22H28F2N4O4. The van der Waals surface area contributed by atoms with Gasteiger partial charge in [-0.15, -0.1) is 0 Å². The fraction of sp³-hybridized carbons (Fsp3) is 0.545. The molecule has 1 aliphatic heterocycles. The highest BCUT2D eigenvalue weighted by Gasteiger charge is 2.34. The van der Waals surface area contributed by atoms with Crippen molar-refractivity contribution in [2.24, 2.45) is 17.6 Å². The van der Waals surface area contributed by atoms with E-state index in [1.165, 1.54) is 0 Å². The summed E-state index contributed by atoms with van der Waals surface area (Å²) >= 11 is 0. The van der Waals surface area contributed by atoms with Crippen molar-refractivity contribution in [2.75, 3.05) is 6.54 Å². The van der Waals surface area contributed by atoms with Gasteiger partial charge in [0.05, 0.1) is 0 Å². The number of hydrogen-bond donors (Lipinski definition) is 4. The maximum atomic E-state index is 13.3. The van der Waals surface area contributed by atoms with Crippen LogP contribution in [-0.4, -0.2) is 42.3 Å². The third kappa shape index (κ3) is 7.00. The van der Waals surface area contributed by atoms with Crippen LogP contribution >= 0.6 is 0 Å². The Hall–Kier alpha value is -3.04. The Morgan fingerprint density at radius 3 is 2.28 bits per heavy atom. The maximum absolute atomic E-state index is 13.3. The maximum Gasteiger partial charge on any atom is 0.243 e. The number of primary amides is 1. The number of hydrogen-bond acceptors (Lipinski definition) is 4. The van der Waals surface area contributed by atoms with Crippen LogP contribution in [0.25, 0.3) is 0 Å². The molecule has 1 heterocycles. The van der Waals surface area contributed by atoms with Gasteiger partial charge in [-0.1, -0.05) is 12.8 Å². The SMILES string of the molecule is NC(=O)[C@H](C[C@@H]1CCNC1=O)NC(=O)[C@H](CC1CC1)NC(=O)CCc1cc(F)cc(F)c1. The number of carbonyl (C=O) groups is 4. The van der Waals surface area contributed by atoms with Crippen molar-refractivity contribution in [1.29, 1.82) is 0 Å². The topological polar surface area (TPSA) is 130 Å². The summed E-state index contributed by atoms with van der Waals surface area (Å²) in [4.78, 5) is 48.9. The first kappa shape index (κ1) is 23.6. The van der Waals surface area contributed by atoms with Crippen LogP contribution in [0.3, 0.4) is 0 Å². The highest BCUT2D eigenvalue weighted by Crippen LogP contribution is 2.33. The molecule has 8 nitrogen and oxygen atoms in total. The first-order valence-corrected chi connectivity index (χ1v) is 10.8. The molecule has 1 aliphatic carbocycles. The molecule has 0 aromatic heterocycles. The van der Waals surface area contributed by atoms with Gasteiger partial charge in [-0.3, -0.25) is 19.2 Å². The standard InChI is InChI=1S/C22H28F2N4O4/c23-15-7-13(8-16(24)11-15)3-4-19(29)27-18(9-12-1-2-12)22(32)28-17(20(25)30)10-14-5-6-26-21(14)31/h7-8,11-12,14,17-18H,1-6,9-10H2,(H2,25,30)(H,26,31)(H,27,29)(H,28,32)/t14-,17-,18-/m0/s1. The lowest BCUT2D eigenvalue weighted by molar-refractivity contribution is -0.132. The lowest BCUT2D eigenvalue weighted by Gasteiger charge is -2.23. The summed E-state index contributed by atoms with van der Waals surface area (Å²) in [6.07, 6.45) is 3.02. The van der Waals surface area contributed by atoms with Crippen molar-refractivity contribution < 1.29 is 28.0 Å². The van der Waals surface area contributed by atoms with Gasteiger partial charge in [0, 0.05) is 24.9 Å². The molecule has 2 fully saturated rings. The predicted molar refractivity (Wildman–Crippen MR) is 111 cm³/mol. The van der Waals surface area contributed by atoms with Crippen molar-refractivity contribution in [3.8, 4) is 0 Å². The number of rotatable bonds is 11. The molecule has 174 valence electrons. The van der Waals surface area contributed by atoms with Crippen molar-refractivity contribution in [2.45, 2.75) is 57.0 Å². The summed E-state index contributed by atoms with van der Waals surface area (Å²) in [6.45, 7) is 0.512. The van der Waals surface area contributed by atoms with E-state index < -0.39 is 47.4 Å². The molecule has 10 heteroatoms. The fourth-order valence-electron chi connectivity index (χ4n) is 3.87. The lowest BCUT2D eigenvalue weighted by Crippen LogP contribution is -2.53. The van der Waals surface area contributed by atoms with Crippen LogP contribution in [-0.2, 0) is 25.6 Å². The second-order valence-corrected chi connectivity index (χ2v) is 8.55. The van der Waals surface area contributed by atoms with Crippen molar-refractivity contribution in [1.82, 2.24) is 16.0 Å². The molecule has 0 bridgehead atoms. The molecule has 1 aromatic carbocycles. The second-order valence-electron chi connectivity index (χ2n) is 8.55. The van der Waals surface area contributed by atoms with Gasteiger partial charge in [-0.2, -0.15) is 0 Å². The first-order valence-electron chi connectivity index (χ1n) is 10.8. The number of amides is 4. The van der Waals surface area contributed by atoms with Gasteiger partial charge >= 0.3 is 0 Å². The van der Waals surface area contributed by atoms with Crippen LogP contribution in [0, 0.1) is 23.5 Å². The molecule has 3 rings (SSSR count). The molecule has 2 aliphatic rings. The molecule has 3 atom stereocenters. The van der Waals surface area contributed by atoms with Crippen LogP contribution in [0.4, 0.5) is 8.78 Å². The molecule has 32 heavy (non-hydrogen) atoms. The zero-order valence-electron chi connectivity index (χ0n) is 17.7. The third-order valence-corrected chi connectivity index (χ3v) is 5.82. The van der Waals surface area contributed by atoms with Gasteiger partial charge in [0.15, 0.2) is 0 Å². The van der Waals surface area contributed by atoms with Crippen molar-refractivity contribution >= 4 is 23.6 Å². The van der Waals surface area contributed by atoms with E-state index in [-0.39, 0.29) is 25.2 Å². The van der Waals surface area contributed by atoms with Gasteiger partial charge < -0.3 is 21.7 Å². The molecule has 0 unspecified atom stereocenters. The average Bonchev–Trinajstić information content (AvgIpc) is 3.44. The van der Waals surface area contributed by atoms with E-state index in [1.807, 2.05) is 0 Å². The number of nitrogens with one attached hydrogen (secondary N) is 3. The van der Waals surface area contributed by atoms with Crippen LogP contribution in [0.1, 0.15) is 44.1 Å².